The number of para-hydroxylation sites is 5. The van der Waals surface area contributed by atoms with E-state index in [-0.39, 0.29) is 0 Å². The summed E-state index contributed by atoms with van der Waals surface area (Å²) in [4.78, 5) is 16.2. The Morgan fingerprint density at radius 2 is 0.651 bits per heavy atom. The largest absolute Gasteiger partial charge is 0.309 e. The van der Waals surface area contributed by atoms with Gasteiger partial charge in [-0.1, -0.05) is 152 Å². The standard InChI is InChI=1S/C57H36N6/c1-4-17-37(18-5-1)38-19-16-20-39(33-38)55-58-56(40-31-32-46-43-25-10-13-28-49(43)61(52(46)34-40)41-21-6-2-7-22-41)60-57(59-55)63-51-30-15-12-27-45(51)48-35-53-47(36-54(48)63)44-26-11-14-29-50(44)62(53)42-23-8-3-9-24-42/h1-36H. The van der Waals surface area contributed by atoms with Crippen molar-refractivity contribution in [3.8, 4) is 51.2 Å². The van der Waals surface area contributed by atoms with Crippen LogP contribution in [0.25, 0.3) is 117 Å². The van der Waals surface area contributed by atoms with Gasteiger partial charge in [-0.3, -0.25) is 4.57 Å². The number of benzene rings is 9. The molecule has 294 valence electrons. The molecule has 0 saturated heterocycles. The van der Waals surface area contributed by atoms with Crippen LogP contribution in [0.5, 0.6) is 0 Å². The van der Waals surface area contributed by atoms with Gasteiger partial charge in [0.1, 0.15) is 0 Å². The molecule has 6 nitrogen and oxygen atoms in total. The average molecular weight is 805 g/mol. The number of rotatable bonds is 6. The van der Waals surface area contributed by atoms with Gasteiger partial charge in [-0.15, -0.1) is 0 Å². The third-order valence-corrected chi connectivity index (χ3v) is 12.5. The van der Waals surface area contributed by atoms with Gasteiger partial charge in [-0.2, -0.15) is 9.97 Å². The fourth-order valence-corrected chi connectivity index (χ4v) is 9.66. The second-order valence-electron chi connectivity index (χ2n) is 16.1. The predicted molar refractivity (Wildman–Crippen MR) is 259 cm³/mol. The van der Waals surface area contributed by atoms with Gasteiger partial charge >= 0.3 is 0 Å². The number of hydrogen-bond donors (Lipinski definition) is 0. The second-order valence-corrected chi connectivity index (χ2v) is 16.1. The van der Waals surface area contributed by atoms with E-state index in [0.717, 1.165) is 82.9 Å². The van der Waals surface area contributed by atoms with Crippen LogP contribution in [-0.2, 0) is 0 Å². The predicted octanol–water partition coefficient (Wildman–Crippen LogP) is 14.2. The van der Waals surface area contributed by atoms with E-state index in [1.165, 1.54) is 16.2 Å². The summed E-state index contributed by atoms with van der Waals surface area (Å²) in [6.45, 7) is 0. The van der Waals surface area contributed by atoms with Gasteiger partial charge in [0.25, 0.3) is 0 Å². The summed E-state index contributed by atoms with van der Waals surface area (Å²) in [7, 11) is 0. The van der Waals surface area contributed by atoms with Crippen molar-refractivity contribution < 1.29 is 0 Å². The summed E-state index contributed by atoms with van der Waals surface area (Å²) in [5.74, 6) is 1.75. The first-order chi connectivity index (χ1) is 31.2. The Balaban J connectivity index is 1.10. The first-order valence-corrected chi connectivity index (χ1v) is 21.3. The maximum absolute atomic E-state index is 5.44. The first-order valence-electron chi connectivity index (χ1n) is 21.3. The number of aromatic nitrogens is 6. The summed E-state index contributed by atoms with van der Waals surface area (Å²) in [6, 6.07) is 77.3. The van der Waals surface area contributed by atoms with E-state index >= 15 is 0 Å². The molecule has 4 heterocycles. The highest BCUT2D eigenvalue weighted by Gasteiger charge is 2.22. The minimum atomic E-state index is 0.557. The zero-order valence-corrected chi connectivity index (χ0v) is 34.0. The third-order valence-electron chi connectivity index (χ3n) is 12.5. The van der Waals surface area contributed by atoms with E-state index in [0.29, 0.717) is 17.6 Å². The maximum atomic E-state index is 5.44. The fourth-order valence-electron chi connectivity index (χ4n) is 9.66. The van der Waals surface area contributed by atoms with Crippen LogP contribution < -0.4 is 0 Å². The lowest BCUT2D eigenvalue weighted by Crippen LogP contribution is -2.06. The van der Waals surface area contributed by atoms with E-state index in [2.05, 4.69) is 226 Å². The highest BCUT2D eigenvalue weighted by Crippen LogP contribution is 2.40. The lowest BCUT2D eigenvalue weighted by Gasteiger charge is -2.12. The highest BCUT2D eigenvalue weighted by molar-refractivity contribution is 6.19. The van der Waals surface area contributed by atoms with Crippen molar-refractivity contribution >= 4 is 65.4 Å². The molecule has 6 heteroatoms. The van der Waals surface area contributed by atoms with E-state index in [1.807, 2.05) is 6.07 Å². The van der Waals surface area contributed by atoms with E-state index in [4.69, 9.17) is 15.0 Å². The molecule has 0 fully saturated rings. The van der Waals surface area contributed by atoms with Crippen molar-refractivity contribution in [1.82, 2.24) is 28.7 Å². The van der Waals surface area contributed by atoms with Gasteiger partial charge in [0.2, 0.25) is 5.95 Å². The summed E-state index contributed by atoms with van der Waals surface area (Å²) in [6.07, 6.45) is 0. The van der Waals surface area contributed by atoms with Crippen LogP contribution in [0.2, 0.25) is 0 Å². The Bertz CT molecular complexity index is 3900. The highest BCUT2D eigenvalue weighted by atomic mass is 15.2. The van der Waals surface area contributed by atoms with Crippen LogP contribution in [0.3, 0.4) is 0 Å². The Labute approximate surface area is 362 Å². The molecule has 9 aromatic carbocycles. The van der Waals surface area contributed by atoms with Crippen LogP contribution in [0.1, 0.15) is 0 Å². The van der Waals surface area contributed by atoms with Crippen molar-refractivity contribution in [3.05, 3.63) is 218 Å². The van der Waals surface area contributed by atoms with Crippen LogP contribution in [0.4, 0.5) is 0 Å². The molecule has 0 atom stereocenters. The van der Waals surface area contributed by atoms with Gasteiger partial charge in [0.05, 0.1) is 33.1 Å². The molecule has 0 N–H and O–H groups in total. The lowest BCUT2D eigenvalue weighted by molar-refractivity contribution is 0.954. The SMILES string of the molecule is c1ccc(-c2cccc(-c3nc(-c4ccc5c6ccccc6n(-c6ccccc6)c5c4)nc(-n4c5ccccc5c5cc6c(cc54)c4ccccc4n6-c4ccccc4)n3)c2)cc1. The monoisotopic (exact) mass is 804 g/mol. The molecule has 4 aromatic heterocycles. The Kier molecular flexibility index (Phi) is 7.80. The van der Waals surface area contributed by atoms with Crippen LogP contribution >= 0.6 is 0 Å². The minimum absolute atomic E-state index is 0.557. The lowest BCUT2D eigenvalue weighted by atomic mass is 10.0. The summed E-state index contributed by atoms with van der Waals surface area (Å²) >= 11 is 0. The van der Waals surface area contributed by atoms with Crippen LogP contribution in [0.15, 0.2) is 218 Å². The van der Waals surface area contributed by atoms with Gasteiger partial charge in [-0.05, 0) is 77.9 Å². The van der Waals surface area contributed by atoms with Gasteiger partial charge in [0, 0.05) is 54.8 Å². The number of fused-ring (bicyclic) bond motifs is 9. The summed E-state index contributed by atoms with van der Waals surface area (Å²) in [5.41, 5.74) is 12.9. The molecule has 0 aliphatic heterocycles. The molecule has 0 amide bonds. The van der Waals surface area contributed by atoms with Crippen molar-refractivity contribution in [2.45, 2.75) is 0 Å². The summed E-state index contributed by atoms with van der Waals surface area (Å²) in [5, 5.41) is 6.97. The number of nitrogens with zero attached hydrogens (tertiary/aromatic N) is 6. The van der Waals surface area contributed by atoms with E-state index < -0.39 is 0 Å². The third kappa shape index (κ3) is 5.55. The molecule has 0 saturated carbocycles. The normalized spacial score (nSPS) is 11.8. The van der Waals surface area contributed by atoms with Gasteiger partial charge in [0.15, 0.2) is 11.6 Å². The molecular formula is C57H36N6. The Morgan fingerprint density at radius 1 is 0.238 bits per heavy atom. The molecule has 13 aromatic rings. The smallest absolute Gasteiger partial charge is 0.238 e. The average Bonchev–Trinajstić information content (AvgIpc) is 3.99. The minimum Gasteiger partial charge on any atom is -0.309 e. The van der Waals surface area contributed by atoms with Crippen molar-refractivity contribution in [2.75, 3.05) is 0 Å². The zero-order chi connectivity index (χ0) is 41.4. The molecule has 0 aliphatic rings. The topological polar surface area (TPSA) is 53.5 Å². The molecule has 13 rings (SSSR count). The van der Waals surface area contributed by atoms with Crippen LogP contribution in [0, 0.1) is 0 Å². The zero-order valence-electron chi connectivity index (χ0n) is 34.0. The molecule has 0 bridgehead atoms. The number of hydrogen-bond acceptors (Lipinski definition) is 3. The van der Waals surface area contributed by atoms with Gasteiger partial charge < -0.3 is 9.13 Å². The van der Waals surface area contributed by atoms with Crippen LogP contribution in [-0.4, -0.2) is 28.7 Å². The quantitative estimate of drug-likeness (QED) is 0.168. The first kappa shape index (κ1) is 35.2. The molecule has 0 unspecified atom stereocenters. The molecule has 63 heavy (non-hydrogen) atoms. The summed E-state index contributed by atoms with van der Waals surface area (Å²) < 4.78 is 6.94. The molecule has 0 spiro atoms. The van der Waals surface area contributed by atoms with Crippen molar-refractivity contribution in [3.63, 3.8) is 0 Å². The van der Waals surface area contributed by atoms with E-state index in [9.17, 15) is 0 Å². The van der Waals surface area contributed by atoms with E-state index in [1.54, 1.807) is 0 Å². The molecule has 0 aliphatic carbocycles. The maximum Gasteiger partial charge on any atom is 0.238 e. The van der Waals surface area contributed by atoms with Crippen molar-refractivity contribution in [2.24, 2.45) is 0 Å². The second kappa shape index (κ2) is 14.0. The Morgan fingerprint density at radius 3 is 1.24 bits per heavy atom. The van der Waals surface area contributed by atoms with Crippen molar-refractivity contribution in [1.29, 1.82) is 0 Å². The molecular weight excluding hydrogens is 769 g/mol. The molecule has 0 radical (unpaired) electrons. The fraction of sp³-hybridized carbons (Fsp3) is 0. The van der Waals surface area contributed by atoms with Gasteiger partial charge in [-0.25, -0.2) is 4.98 Å². The Hall–Kier alpha value is -8.61.